The molecule has 0 radical (unpaired) electrons. The lowest BCUT2D eigenvalue weighted by molar-refractivity contribution is -0.265. The molecule has 1 aliphatic heterocycles. The van der Waals surface area contributed by atoms with Crippen LogP contribution < -0.4 is 5.32 Å². The Balaban J connectivity index is 3.57. The summed E-state index contributed by atoms with van der Waals surface area (Å²) in [7, 11) is -2.56. The number of nitrogens with one attached hydrogen (secondary N) is 1. The average molecular weight is 520 g/mol. The summed E-state index contributed by atoms with van der Waals surface area (Å²) >= 11 is 0. The molecule has 1 N–H and O–H groups in total. The average Bonchev–Trinajstić information content (AvgIpc) is 2.61. The van der Waals surface area contributed by atoms with Crippen molar-refractivity contribution in [3.05, 3.63) is 0 Å². The largest absolute Gasteiger partial charge is 0.463 e. The number of hydrogen-bond acceptors (Lipinski definition) is 10. The van der Waals surface area contributed by atoms with Gasteiger partial charge in [-0.25, -0.2) is 4.79 Å². The van der Waals surface area contributed by atoms with Crippen LogP contribution in [0.5, 0.6) is 0 Å². The van der Waals surface area contributed by atoms with Crippen LogP contribution in [0.1, 0.15) is 62.3 Å². The molecule has 0 aliphatic carbocycles. The molecule has 202 valence electrons. The first kappa shape index (κ1) is 30.8. The van der Waals surface area contributed by atoms with Gasteiger partial charge in [0.15, 0.2) is 14.4 Å². The van der Waals surface area contributed by atoms with E-state index in [1.165, 1.54) is 20.8 Å². The molecule has 1 aliphatic rings. The van der Waals surface area contributed by atoms with E-state index in [1.54, 1.807) is 20.8 Å². The van der Waals surface area contributed by atoms with Crippen LogP contribution in [0.25, 0.3) is 0 Å². The highest BCUT2D eigenvalue weighted by atomic mass is 28.4. The molecule has 0 unspecified atom stereocenters. The lowest BCUT2D eigenvalue weighted by Crippen LogP contribution is -2.68. The standard InChI is InChI=1S/C23H41NO10Si/c1-13(25)29-12-16-18(30-14(2)26)19(34-35(10,11)23(7,8)9)17(20(32-16)31-15(3)27)24-21(28)33-22(4,5)6/h16-20H,12H2,1-11H3,(H,24,28)/t16-,17-,18-,19-,20+/m0/s1. The van der Waals surface area contributed by atoms with Gasteiger partial charge in [-0.1, -0.05) is 20.8 Å². The normalized spacial score (nSPS) is 25.3. The van der Waals surface area contributed by atoms with Crippen molar-refractivity contribution >= 4 is 32.3 Å². The van der Waals surface area contributed by atoms with Gasteiger partial charge in [-0.15, -0.1) is 0 Å². The summed E-state index contributed by atoms with van der Waals surface area (Å²) in [5, 5.41) is 2.42. The third-order valence-electron chi connectivity index (χ3n) is 5.60. The van der Waals surface area contributed by atoms with Crippen LogP contribution in [0.15, 0.2) is 0 Å². The van der Waals surface area contributed by atoms with E-state index in [4.69, 9.17) is 28.1 Å². The SMILES string of the molecule is CC(=O)OC[C@@H]1O[C@@H](OC(C)=O)[C@@H](NC(=O)OC(C)(C)C)[C@H](O[Si](C)(C)C(C)(C)C)[C@H]1OC(C)=O. The fourth-order valence-electron chi connectivity index (χ4n) is 3.09. The Morgan fingerprint density at radius 1 is 0.857 bits per heavy atom. The fraction of sp³-hybridized carbons (Fsp3) is 0.826. The number of carbonyl (C=O) groups is 4. The number of hydrogen-bond donors (Lipinski definition) is 1. The van der Waals surface area contributed by atoms with E-state index in [9.17, 15) is 19.2 Å². The molecular weight excluding hydrogens is 478 g/mol. The third kappa shape index (κ3) is 9.77. The number of ether oxygens (including phenoxy) is 5. The Morgan fingerprint density at radius 2 is 1.40 bits per heavy atom. The van der Waals surface area contributed by atoms with Crippen molar-refractivity contribution in [2.45, 2.75) is 117 Å². The van der Waals surface area contributed by atoms with Crippen molar-refractivity contribution in [3.8, 4) is 0 Å². The first-order valence-electron chi connectivity index (χ1n) is 11.5. The van der Waals surface area contributed by atoms with Crippen molar-refractivity contribution < 1.29 is 47.3 Å². The van der Waals surface area contributed by atoms with E-state index in [-0.39, 0.29) is 11.6 Å². The van der Waals surface area contributed by atoms with Gasteiger partial charge in [-0.3, -0.25) is 14.4 Å². The van der Waals surface area contributed by atoms with Crippen LogP contribution in [0.2, 0.25) is 18.1 Å². The Morgan fingerprint density at radius 3 is 1.83 bits per heavy atom. The van der Waals surface area contributed by atoms with Gasteiger partial charge >= 0.3 is 24.0 Å². The maximum absolute atomic E-state index is 12.7. The van der Waals surface area contributed by atoms with Gasteiger partial charge in [0, 0.05) is 20.8 Å². The van der Waals surface area contributed by atoms with Crippen molar-refractivity contribution in [3.63, 3.8) is 0 Å². The van der Waals surface area contributed by atoms with Crippen molar-refractivity contribution in [2.75, 3.05) is 6.61 Å². The van der Waals surface area contributed by atoms with E-state index < -0.39 is 68.6 Å². The number of rotatable bonds is 7. The number of amides is 1. The minimum absolute atomic E-state index is 0.259. The molecule has 0 saturated carbocycles. The minimum atomic E-state index is -2.56. The Hall–Kier alpha value is -2.18. The summed E-state index contributed by atoms with van der Waals surface area (Å²) in [6.07, 6.45) is -5.26. The molecule has 35 heavy (non-hydrogen) atoms. The first-order valence-corrected chi connectivity index (χ1v) is 14.4. The summed E-state index contributed by atoms with van der Waals surface area (Å²) in [6.45, 7) is 18.5. The van der Waals surface area contributed by atoms with Crippen LogP contribution in [0.4, 0.5) is 4.79 Å². The maximum Gasteiger partial charge on any atom is 0.408 e. The number of alkyl carbamates (subject to hydrolysis) is 1. The van der Waals surface area contributed by atoms with E-state index in [0.29, 0.717) is 0 Å². The molecular formula is C23H41NO10Si. The van der Waals surface area contributed by atoms with E-state index in [0.717, 1.165) is 0 Å². The monoisotopic (exact) mass is 519 g/mol. The van der Waals surface area contributed by atoms with Gasteiger partial charge in [0.1, 0.15) is 30.5 Å². The van der Waals surface area contributed by atoms with E-state index >= 15 is 0 Å². The molecule has 1 fully saturated rings. The molecule has 0 aromatic carbocycles. The highest BCUT2D eigenvalue weighted by Gasteiger charge is 2.54. The molecule has 1 saturated heterocycles. The predicted molar refractivity (Wildman–Crippen MR) is 128 cm³/mol. The highest BCUT2D eigenvalue weighted by molar-refractivity contribution is 6.74. The second kappa shape index (κ2) is 11.7. The maximum atomic E-state index is 12.7. The second-order valence-corrected chi connectivity index (χ2v) is 15.8. The summed E-state index contributed by atoms with van der Waals surface area (Å²) in [4.78, 5) is 48.2. The van der Waals surface area contributed by atoms with Gasteiger partial charge < -0.3 is 33.4 Å². The molecule has 1 amide bonds. The smallest absolute Gasteiger partial charge is 0.408 e. The quantitative estimate of drug-likeness (QED) is 0.304. The summed E-state index contributed by atoms with van der Waals surface area (Å²) in [5.41, 5.74) is -0.806. The molecule has 1 heterocycles. The third-order valence-corrected chi connectivity index (χ3v) is 10.1. The predicted octanol–water partition coefficient (Wildman–Crippen LogP) is 3.05. The second-order valence-electron chi connectivity index (χ2n) is 11.0. The Bertz CT molecular complexity index is 786. The molecule has 12 heteroatoms. The van der Waals surface area contributed by atoms with Crippen LogP contribution in [0, 0.1) is 0 Å². The lowest BCUT2D eigenvalue weighted by atomic mass is 9.96. The van der Waals surface area contributed by atoms with Gasteiger partial charge in [0.25, 0.3) is 0 Å². The fourth-order valence-corrected chi connectivity index (χ4v) is 4.40. The zero-order valence-electron chi connectivity index (χ0n) is 22.7. The van der Waals surface area contributed by atoms with Gasteiger partial charge in [-0.2, -0.15) is 0 Å². The molecule has 0 bridgehead atoms. The molecule has 0 aromatic heterocycles. The topological polar surface area (TPSA) is 136 Å². The van der Waals surface area contributed by atoms with Crippen LogP contribution in [-0.2, 0) is 42.5 Å². The van der Waals surface area contributed by atoms with Crippen LogP contribution >= 0.6 is 0 Å². The minimum Gasteiger partial charge on any atom is -0.463 e. The Labute approximate surface area is 208 Å². The van der Waals surface area contributed by atoms with Crippen molar-refractivity contribution in [1.82, 2.24) is 5.32 Å². The van der Waals surface area contributed by atoms with E-state index in [2.05, 4.69) is 5.32 Å². The van der Waals surface area contributed by atoms with Crippen molar-refractivity contribution in [1.29, 1.82) is 0 Å². The van der Waals surface area contributed by atoms with Crippen LogP contribution in [0.3, 0.4) is 0 Å². The Kier molecular flexibility index (Phi) is 10.3. The van der Waals surface area contributed by atoms with Crippen LogP contribution in [-0.4, -0.2) is 75.2 Å². The number of esters is 3. The number of carbonyl (C=O) groups excluding carboxylic acids is 4. The molecule has 1 rings (SSSR count). The van der Waals surface area contributed by atoms with Gasteiger partial charge in [0.2, 0.25) is 6.29 Å². The van der Waals surface area contributed by atoms with E-state index in [1.807, 2.05) is 33.9 Å². The molecule has 11 nitrogen and oxygen atoms in total. The molecule has 5 atom stereocenters. The summed E-state index contributed by atoms with van der Waals surface area (Å²) in [5.74, 6) is -1.87. The summed E-state index contributed by atoms with van der Waals surface area (Å²) < 4.78 is 34.0. The molecule has 0 spiro atoms. The molecule has 0 aromatic rings. The highest BCUT2D eigenvalue weighted by Crippen LogP contribution is 2.40. The van der Waals surface area contributed by atoms with Gasteiger partial charge in [-0.05, 0) is 38.9 Å². The summed E-state index contributed by atoms with van der Waals surface area (Å²) in [6, 6.07) is -1.10. The lowest BCUT2D eigenvalue weighted by Gasteiger charge is -2.49. The zero-order chi connectivity index (χ0) is 27.4. The first-order chi connectivity index (χ1) is 15.7. The zero-order valence-corrected chi connectivity index (χ0v) is 23.7. The van der Waals surface area contributed by atoms with Crippen molar-refractivity contribution in [2.24, 2.45) is 0 Å². The van der Waals surface area contributed by atoms with Gasteiger partial charge in [0.05, 0.1) is 0 Å².